The highest BCUT2D eigenvalue weighted by molar-refractivity contribution is 5.49. The predicted molar refractivity (Wildman–Crippen MR) is 88.5 cm³/mol. The average Bonchev–Trinajstić information content (AvgIpc) is 2.47. The third-order valence-electron chi connectivity index (χ3n) is 4.51. The Morgan fingerprint density at radius 1 is 1.25 bits per heavy atom. The second-order valence-electron chi connectivity index (χ2n) is 6.22. The molecule has 0 bridgehead atoms. The van der Waals surface area contributed by atoms with E-state index in [0.29, 0.717) is 6.04 Å². The molecule has 2 heteroatoms. The zero-order valence-corrected chi connectivity index (χ0v) is 13.4. The minimum atomic E-state index is 0.545. The molecule has 2 rings (SSSR count). The van der Waals surface area contributed by atoms with E-state index < -0.39 is 0 Å². The summed E-state index contributed by atoms with van der Waals surface area (Å²) in [5.74, 6) is 0. The Labute approximate surface area is 124 Å². The van der Waals surface area contributed by atoms with Gasteiger partial charge in [-0.3, -0.25) is 0 Å². The SMILES string of the molecule is CCN(c1cccc(C)c1)C(C)CNC1CCCCC1. The van der Waals surface area contributed by atoms with E-state index in [9.17, 15) is 0 Å². The lowest BCUT2D eigenvalue weighted by Crippen LogP contribution is -2.44. The van der Waals surface area contributed by atoms with Gasteiger partial charge in [0.2, 0.25) is 0 Å². The number of anilines is 1. The molecule has 1 unspecified atom stereocenters. The van der Waals surface area contributed by atoms with Crippen LogP contribution in [-0.2, 0) is 0 Å². The van der Waals surface area contributed by atoms with Crippen LogP contribution < -0.4 is 10.2 Å². The number of likely N-dealkylation sites (N-methyl/N-ethyl adjacent to an activating group) is 1. The summed E-state index contributed by atoms with van der Waals surface area (Å²) >= 11 is 0. The van der Waals surface area contributed by atoms with Crippen molar-refractivity contribution in [3.63, 3.8) is 0 Å². The molecule has 1 fully saturated rings. The first kappa shape index (κ1) is 15.4. The minimum absolute atomic E-state index is 0.545. The van der Waals surface area contributed by atoms with Crippen LogP contribution >= 0.6 is 0 Å². The van der Waals surface area contributed by atoms with Gasteiger partial charge in [0.15, 0.2) is 0 Å². The van der Waals surface area contributed by atoms with Gasteiger partial charge in [-0.05, 0) is 51.3 Å². The van der Waals surface area contributed by atoms with Crippen LogP contribution in [-0.4, -0.2) is 25.2 Å². The van der Waals surface area contributed by atoms with Gasteiger partial charge < -0.3 is 10.2 Å². The van der Waals surface area contributed by atoms with Gasteiger partial charge in [-0.15, -0.1) is 0 Å². The number of hydrogen-bond donors (Lipinski definition) is 1. The fourth-order valence-electron chi connectivity index (χ4n) is 3.31. The summed E-state index contributed by atoms with van der Waals surface area (Å²) in [6.45, 7) is 8.91. The Bertz CT molecular complexity index is 396. The fraction of sp³-hybridized carbons (Fsp3) is 0.667. The summed E-state index contributed by atoms with van der Waals surface area (Å²) in [6, 6.07) is 10.1. The first-order valence-electron chi connectivity index (χ1n) is 8.27. The monoisotopic (exact) mass is 274 g/mol. The lowest BCUT2D eigenvalue weighted by molar-refractivity contribution is 0.364. The molecule has 1 aliphatic rings. The first-order chi connectivity index (χ1) is 9.70. The van der Waals surface area contributed by atoms with Gasteiger partial charge in [0, 0.05) is 30.9 Å². The maximum atomic E-state index is 3.78. The van der Waals surface area contributed by atoms with E-state index in [4.69, 9.17) is 0 Å². The van der Waals surface area contributed by atoms with Crippen LogP contribution in [0.4, 0.5) is 5.69 Å². The third kappa shape index (κ3) is 4.24. The molecule has 0 radical (unpaired) electrons. The van der Waals surface area contributed by atoms with Crippen LogP contribution in [0.1, 0.15) is 51.5 Å². The summed E-state index contributed by atoms with van der Waals surface area (Å²) in [7, 11) is 0. The van der Waals surface area contributed by atoms with Crippen LogP contribution in [0, 0.1) is 6.92 Å². The van der Waals surface area contributed by atoms with Crippen molar-refractivity contribution >= 4 is 5.69 Å². The van der Waals surface area contributed by atoms with E-state index in [1.54, 1.807) is 0 Å². The van der Waals surface area contributed by atoms with Crippen molar-refractivity contribution in [3.05, 3.63) is 29.8 Å². The highest BCUT2D eigenvalue weighted by atomic mass is 15.2. The molecule has 1 saturated carbocycles. The smallest absolute Gasteiger partial charge is 0.0386 e. The Kier molecular flexibility index (Phi) is 5.90. The maximum absolute atomic E-state index is 3.78. The van der Waals surface area contributed by atoms with Crippen molar-refractivity contribution in [1.29, 1.82) is 0 Å². The molecule has 0 amide bonds. The fourth-order valence-corrected chi connectivity index (χ4v) is 3.31. The number of hydrogen-bond acceptors (Lipinski definition) is 2. The van der Waals surface area contributed by atoms with Crippen LogP contribution in [0.3, 0.4) is 0 Å². The van der Waals surface area contributed by atoms with Crippen LogP contribution in [0.2, 0.25) is 0 Å². The molecule has 1 aromatic rings. The lowest BCUT2D eigenvalue weighted by atomic mass is 9.95. The van der Waals surface area contributed by atoms with Gasteiger partial charge in [-0.25, -0.2) is 0 Å². The average molecular weight is 274 g/mol. The number of nitrogens with one attached hydrogen (secondary N) is 1. The largest absolute Gasteiger partial charge is 0.368 e. The standard InChI is InChI=1S/C18H30N2/c1-4-20(18-12-8-9-15(2)13-18)16(3)14-19-17-10-6-5-7-11-17/h8-9,12-13,16-17,19H,4-7,10-11,14H2,1-3H3. The summed E-state index contributed by atoms with van der Waals surface area (Å²) in [6.07, 6.45) is 6.97. The van der Waals surface area contributed by atoms with Crippen molar-refractivity contribution < 1.29 is 0 Å². The van der Waals surface area contributed by atoms with E-state index in [-0.39, 0.29) is 0 Å². The molecule has 0 aromatic heterocycles. The summed E-state index contributed by atoms with van der Waals surface area (Å²) in [5, 5.41) is 3.78. The van der Waals surface area contributed by atoms with Gasteiger partial charge in [-0.1, -0.05) is 31.4 Å². The number of benzene rings is 1. The second kappa shape index (κ2) is 7.68. The molecule has 0 spiro atoms. The Morgan fingerprint density at radius 2 is 2.00 bits per heavy atom. The number of nitrogens with zero attached hydrogens (tertiary/aromatic N) is 1. The van der Waals surface area contributed by atoms with Gasteiger partial charge in [0.25, 0.3) is 0 Å². The predicted octanol–water partition coefficient (Wildman–Crippen LogP) is 4.13. The van der Waals surface area contributed by atoms with Gasteiger partial charge in [-0.2, -0.15) is 0 Å². The molecule has 0 saturated heterocycles. The van der Waals surface area contributed by atoms with E-state index in [0.717, 1.165) is 19.1 Å². The number of rotatable bonds is 6. The topological polar surface area (TPSA) is 15.3 Å². The molecular weight excluding hydrogens is 244 g/mol. The highest BCUT2D eigenvalue weighted by Gasteiger charge is 2.17. The normalized spacial score (nSPS) is 17.9. The van der Waals surface area contributed by atoms with Crippen LogP contribution in [0.5, 0.6) is 0 Å². The van der Waals surface area contributed by atoms with Crippen molar-refractivity contribution in [2.75, 3.05) is 18.0 Å². The van der Waals surface area contributed by atoms with Crippen molar-refractivity contribution in [3.8, 4) is 0 Å². The molecular formula is C18H30N2. The summed E-state index contributed by atoms with van der Waals surface area (Å²) in [4.78, 5) is 2.50. The van der Waals surface area contributed by atoms with Crippen LogP contribution in [0.15, 0.2) is 24.3 Å². The van der Waals surface area contributed by atoms with E-state index in [1.807, 2.05) is 0 Å². The maximum Gasteiger partial charge on any atom is 0.0386 e. The van der Waals surface area contributed by atoms with E-state index in [1.165, 1.54) is 43.4 Å². The Morgan fingerprint density at radius 3 is 2.65 bits per heavy atom. The zero-order chi connectivity index (χ0) is 14.4. The minimum Gasteiger partial charge on any atom is -0.368 e. The van der Waals surface area contributed by atoms with E-state index >= 15 is 0 Å². The molecule has 0 heterocycles. The van der Waals surface area contributed by atoms with Crippen molar-refractivity contribution in [2.45, 2.75) is 65.0 Å². The number of aryl methyl sites for hydroxylation is 1. The summed E-state index contributed by atoms with van der Waals surface area (Å²) < 4.78 is 0. The summed E-state index contributed by atoms with van der Waals surface area (Å²) in [5.41, 5.74) is 2.69. The quantitative estimate of drug-likeness (QED) is 0.839. The molecule has 112 valence electrons. The third-order valence-corrected chi connectivity index (χ3v) is 4.51. The van der Waals surface area contributed by atoms with Crippen molar-refractivity contribution in [1.82, 2.24) is 5.32 Å². The molecule has 2 nitrogen and oxygen atoms in total. The lowest BCUT2D eigenvalue weighted by Gasteiger charge is -2.33. The second-order valence-corrected chi connectivity index (χ2v) is 6.22. The molecule has 1 aromatic carbocycles. The highest BCUT2D eigenvalue weighted by Crippen LogP contribution is 2.20. The Hall–Kier alpha value is -1.02. The van der Waals surface area contributed by atoms with Crippen molar-refractivity contribution in [2.24, 2.45) is 0 Å². The molecule has 1 atom stereocenters. The van der Waals surface area contributed by atoms with Gasteiger partial charge in [0.1, 0.15) is 0 Å². The van der Waals surface area contributed by atoms with E-state index in [2.05, 4.69) is 55.3 Å². The molecule has 20 heavy (non-hydrogen) atoms. The van der Waals surface area contributed by atoms with Gasteiger partial charge >= 0.3 is 0 Å². The first-order valence-corrected chi connectivity index (χ1v) is 8.27. The Balaban J connectivity index is 1.89. The molecule has 1 aliphatic carbocycles. The van der Waals surface area contributed by atoms with Crippen LogP contribution in [0.25, 0.3) is 0 Å². The zero-order valence-electron chi connectivity index (χ0n) is 13.4. The molecule has 1 N–H and O–H groups in total. The van der Waals surface area contributed by atoms with Gasteiger partial charge in [0.05, 0.1) is 0 Å². The molecule has 0 aliphatic heterocycles.